The van der Waals surface area contributed by atoms with Crippen LogP contribution >= 0.6 is 23.4 Å². The van der Waals surface area contributed by atoms with Gasteiger partial charge in [0.2, 0.25) is 0 Å². The van der Waals surface area contributed by atoms with Crippen LogP contribution in [0, 0.1) is 11.8 Å². The molecule has 0 N–H and O–H groups in total. The summed E-state index contributed by atoms with van der Waals surface area (Å²) < 4.78 is 10.6. The quantitative estimate of drug-likeness (QED) is 0.782. The van der Waals surface area contributed by atoms with Crippen LogP contribution < -0.4 is 4.74 Å². The second-order valence-electron chi connectivity index (χ2n) is 4.52. The Morgan fingerprint density at radius 2 is 2.42 bits per heavy atom. The first-order valence-corrected chi connectivity index (χ1v) is 7.78. The van der Waals surface area contributed by atoms with Crippen molar-refractivity contribution in [2.45, 2.75) is 6.42 Å². The molecule has 19 heavy (non-hydrogen) atoms. The lowest BCUT2D eigenvalue weighted by atomic mass is 9.92. The fourth-order valence-corrected chi connectivity index (χ4v) is 3.68. The predicted molar refractivity (Wildman–Crippen MR) is 77.9 cm³/mol. The monoisotopic (exact) mass is 300 g/mol. The molecule has 5 heteroatoms. The number of carbonyl (C=O) groups excluding carboxylic acids is 1. The second-order valence-corrected chi connectivity index (χ2v) is 6.11. The number of hydrogen-bond acceptors (Lipinski definition) is 4. The Kier molecular flexibility index (Phi) is 5.40. The normalized spacial score (nSPS) is 20.0. The van der Waals surface area contributed by atoms with Crippen LogP contribution in [-0.2, 0) is 9.53 Å². The topological polar surface area (TPSA) is 35.5 Å². The number of methoxy groups -OCH3 is 1. The summed E-state index contributed by atoms with van der Waals surface area (Å²) in [4.78, 5) is 11.8. The molecule has 0 aromatic heterocycles. The van der Waals surface area contributed by atoms with E-state index in [-0.39, 0.29) is 11.9 Å². The zero-order valence-electron chi connectivity index (χ0n) is 10.8. The van der Waals surface area contributed by atoms with E-state index in [0.717, 1.165) is 17.9 Å². The zero-order valence-corrected chi connectivity index (χ0v) is 12.4. The van der Waals surface area contributed by atoms with Gasteiger partial charge in [-0.05, 0) is 42.0 Å². The van der Waals surface area contributed by atoms with Crippen molar-refractivity contribution in [2.24, 2.45) is 11.8 Å². The summed E-state index contributed by atoms with van der Waals surface area (Å²) in [5, 5.41) is 0.628. The van der Waals surface area contributed by atoms with Gasteiger partial charge in [-0.1, -0.05) is 17.7 Å². The van der Waals surface area contributed by atoms with E-state index in [2.05, 4.69) is 0 Å². The van der Waals surface area contributed by atoms with Crippen molar-refractivity contribution in [1.82, 2.24) is 0 Å². The number of ether oxygens (including phenoxy) is 2. The van der Waals surface area contributed by atoms with Gasteiger partial charge < -0.3 is 9.47 Å². The fraction of sp³-hybridized carbons (Fsp3) is 0.500. The van der Waals surface area contributed by atoms with E-state index in [1.54, 1.807) is 12.1 Å². The molecule has 2 atom stereocenters. The largest absolute Gasteiger partial charge is 0.493 e. The molecular formula is C14H17ClO3S. The van der Waals surface area contributed by atoms with Crippen molar-refractivity contribution in [1.29, 1.82) is 0 Å². The predicted octanol–water partition coefficient (Wildman–Crippen LogP) is 3.26. The summed E-state index contributed by atoms with van der Waals surface area (Å²) in [5.74, 6) is 2.76. The van der Waals surface area contributed by atoms with Gasteiger partial charge in [0, 0.05) is 5.02 Å². The number of hydrogen-bond donors (Lipinski definition) is 0. The maximum atomic E-state index is 11.8. The number of rotatable bonds is 5. The maximum Gasteiger partial charge on any atom is 0.312 e. The van der Waals surface area contributed by atoms with Crippen LogP contribution in [0.4, 0.5) is 0 Å². The molecule has 1 saturated heterocycles. The standard InChI is InChI=1S/C14H17ClO3S/c1-17-14(16)13(10-5-6-19-9-10)8-18-12-4-2-3-11(15)7-12/h2-4,7,10,13H,5-6,8-9H2,1H3. The molecule has 104 valence electrons. The molecule has 0 bridgehead atoms. The Balaban J connectivity index is 1.97. The van der Waals surface area contributed by atoms with Crippen LogP contribution in [0.25, 0.3) is 0 Å². The number of thioether (sulfide) groups is 1. The van der Waals surface area contributed by atoms with Crippen molar-refractivity contribution in [2.75, 3.05) is 25.2 Å². The minimum Gasteiger partial charge on any atom is -0.493 e. The first kappa shape index (κ1) is 14.5. The first-order chi connectivity index (χ1) is 9.20. The van der Waals surface area contributed by atoms with Gasteiger partial charge in [-0.2, -0.15) is 11.8 Å². The minimum absolute atomic E-state index is 0.186. The molecule has 1 aliphatic heterocycles. The molecule has 0 radical (unpaired) electrons. The highest BCUT2D eigenvalue weighted by Crippen LogP contribution is 2.31. The first-order valence-electron chi connectivity index (χ1n) is 6.24. The number of halogens is 1. The molecule has 3 nitrogen and oxygen atoms in total. The van der Waals surface area contributed by atoms with Crippen LogP contribution in [0.3, 0.4) is 0 Å². The maximum absolute atomic E-state index is 11.8. The SMILES string of the molecule is COC(=O)C(COc1cccc(Cl)c1)C1CCSC1. The molecule has 1 fully saturated rings. The molecule has 2 unspecified atom stereocenters. The average Bonchev–Trinajstić information content (AvgIpc) is 2.92. The van der Waals surface area contributed by atoms with Crippen molar-refractivity contribution < 1.29 is 14.3 Å². The van der Waals surface area contributed by atoms with Crippen molar-refractivity contribution in [3.05, 3.63) is 29.3 Å². The summed E-state index contributed by atoms with van der Waals surface area (Å²) >= 11 is 7.78. The molecule has 1 heterocycles. The lowest BCUT2D eigenvalue weighted by Gasteiger charge is -2.20. The van der Waals surface area contributed by atoms with Gasteiger partial charge in [0.05, 0.1) is 13.0 Å². The zero-order chi connectivity index (χ0) is 13.7. The highest BCUT2D eigenvalue weighted by molar-refractivity contribution is 7.99. The Bertz CT molecular complexity index is 432. The molecular weight excluding hydrogens is 284 g/mol. The van der Waals surface area contributed by atoms with E-state index in [0.29, 0.717) is 23.3 Å². The van der Waals surface area contributed by atoms with E-state index in [1.807, 2.05) is 23.9 Å². The Hall–Kier alpha value is -0.870. The number of benzene rings is 1. The highest BCUT2D eigenvalue weighted by Gasteiger charge is 2.32. The third kappa shape index (κ3) is 4.05. The molecule has 1 aromatic carbocycles. The van der Waals surface area contributed by atoms with Gasteiger partial charge in [0.25, 0.3) is 0 Å². The molecule has 0 saturated carbocycles. The van der Waals surface area contributed by atoms with Crippen molar-refractivity contribution in [3.63, 3.8) is 0 Å². The van der Waals surface area contributed by atoms with Crippen LogP contribution in [0.2, 0.25) is 5.02 Å². The third-order valence-corrected chi connectivity index (χ3v) is 4.69. The van der Waals surface area contributed by atoms with E-state index in [9.17, 15) is 4.79 Å². The Morgan fingerprint density at radius 1 is 1.58 bits per heavy atom. The number of carbonyl (C=O) groups is 1. The highest BCUT2D eigenvalue weighted by atomic mass is 35.5. The molecule has 1 aromatic rings. The smallest absolute Gasteiger partial charge is 0.312 e. The van der Waals surface area contributed by atoms with E-state index in [4.69, 9.17) is 21.1 Å². The summed E-state index contributed by atoms with van der Waals surface area (Å²) in [6.45, 7) is 0.345. The van der Waals surface area contributed by atoms with Crippen molar-refractivity contribution >= 4 is 29.3 Å². The minimum atomic E-state index is -0.195. The van der Waals surface area contributed by atoms with E-state index < -0.39 is 0 Å². The molecule has 0 spiro atoms. The molecule has 0 amide bonds. The van der Waals surface area contributed by atoms with Crippen LogP contribution in [-0.4, -0.2) is 31.2 Å². The van der Waals surface area contributed by atoms with Crippen molar-refractivity contribution in [3.8, 4) is 5.75 Å². The molecule has 1 aliphatic rings. The second kappa shape index (κ2) is 7.06. The summed E-state index contributed by atoms with van der Waals surface area (Å²) in [6, 6.07) is 7.21. The fourth-order valence-electron chi connectivity index (χ4n) is 2.16. The Morgan fingerprint density at radius 3 is 3.05 bits per heavy atom. The van der Waals surface area contributed by atoms with Gasteiger partial charge in [-0.15, -0.1) is 0 Å². The lowest BCUT2D eigenvalue weighted by Crippen LogP contribution is -2.30. The number of esters is 1. The molecule has 0 aliphatic carbocycles. The van der Waals surface area contributed by atoms with Gasteiger partial charge in [-0.3, -0.25) is 4.79 Å². The average molecular weight is 301 g/mol. The van der Waals surface area contributed by atoms with E-state index >= 15 is 0 Å². The lowest BCUT2D eigenvalue weighted by molar-refractivity contribution is -0.148. The summed E-state index contributed by atoms with van der Waals surface area (Å²) in [5.41, 5.74) is 0. The third-order valence-electron chi connectivity index (χ3n) is 3.26. The van der Waals surface area contributed by atoms with Crippen LogP contribution in [0.1, 0.15) is 6.42 Å². The summed E-state index contributed by atoms with van der Waals surface area (Å²) in [6.07, 6.45) is 1.04. The van der Waals surface area contributed by atoms with Gasteiger partial charge >= 0.3 is 5.97 Å². The summed E-state index contributed by atoms with van der Waals surface area (Å²) in [7, 11) is 1.43. The van der Waals surface area contributed by atoms with Crippen LogP contribution in [0.15, 0.2) is 24.3 Å². The van der Waals surface area contributed by atoms with E-state index in [1.165, 1.54) is 7.11 Å². The van der Waals surface area contributed by atoms with Gasteiger partial charge in [0.15, 0.2) is 0 Å². The Labute approximate surface area is 122 Å². The molecule has 2 rings (SSSR count). The van der Waals surface area contributed by atoms with Crippen LogP contribution in [0.5, 0.6) is 5.75 Å². The van der Waals surface area contributed by atoms with Gasteiger partial charge in [-0.25, -0.2) is 0 Å². The van der Waals surface area contributed by atoms with Gasteiger partial charge in [0.1, 0.15) is 12.4 Å².